The number of nitrogens with zero attached hydrogens (tertiary/aromatic N) is 3. The normalized spacial score (nSPS) is 17.7. The van der Waals surface area contributed by atoms with E-state index in [1.807, 2.05) is 0 Å². The maximum atomic E-state index is 4.34. The van der Waals surface area contributed by atoms with Gasteiger partial charge in [-0.3, -0.25) is 0 Å². The first-order valence-electron chi connectivity index (χ1n) is 7.40. The van der Waals surface area contributed by atoms with Crippen LogP contribution >= 0.6 is 0 Å². The summed E-state index contributed by atoms with van der Waals surface area (Å²) in [7, 11) is 0. The molecule has 2 rings (SSSR count). The number of nitrogens with one attached hydrogen (secondary N) is 1. The molecule has 0 bridgehead atoms. The number of aromatic nitrogens is 3. The van der Waals surface area contributed by atoms with Gasteiger partial charge in [-0.1, -0.05) is 26.2 Å². The van der Waals surface area contributed by atoms with Crippen LogP contribution in [0.4, 0.5) is 0 Å². The minimum Gasteiger partial charge on any atom is -0.314 e. The Labute approximate surface area is 110 Å². The van der Waals surface area contributed by atoms with Crippen LogP contribution in [0.25, 0.3) is 0 Å². The van der Waals surface area contributed by atoms with Gasteiger partial charge in [-0.05, 0) is 26.7 Å². The van der Waals surface area contributed by atoms with Crippen LogP contribution in [0.1, 0.15) is 70.6 Å². The smallest absolute Gasteiger partial charge is 0.149 e. The Kier molecular flexibility index (Phi) is 4.75. The monoisotopic (exact) mass is 250 g/mol. The first-order chi connectivity index (χ1) is 8.72. The molecule has 18 heavy (non-hydrogen) atoms. The van der Waals surface area contributed by atoms with Gasteiger partial charge in [-0.2, -0.15) is 0 Å². The highest BCUT2D eigenvalue weighted by atomic mass is 15.3. The highest BCUT2D eigenvalue weighted by Crippen LogP contribution is 2.19. The Morgan fingerprint density at radius 3 is 2.89 bits per heavy atom. The van der Waals surface area contributed by atoms with Crippen molar-refractivity contribution >= 4 is 0 Å². The van der Waals surface area contributed by atoms with Crippen LogP contribution in [0.15, 0.2) is 0 Å². The zero-order chi connectivity index (χ0) is 13.0. The van der Waals surface area contributed by atoms with Crippen LogP contribution in [-0.2, 0) is 13.0 Å². The molecule has 4 heteroatoms. The van der Waals surface area contributed by atoms with E-state index in [4.69, 9.17) is 0 Å². The molecular weight excluding hydrogens is 224 g/mol. The van der Waals surface area contributed by atoms with Gasteiger partial charge in [0.2, 0.25) is 0 Å². The van der Waals surface area contributed by atoms with Gasteiger partial charge in [0.15, 0.2) is 0 Å². The van der Waals surface area contributed by atoms with Crippen molar-refractivity contribution in [3.63, 3.8) is 0 Å². The molecule has 0 saturated heterocycles. The van der Waals surface area contributed by atoms with E-state index in [0.29, 0.717) is 12.1 Å². The van der Waals surface area contributed by atoms with E-state index < -0.39 is 0 Å². The largest absolute Gasteiger partial charge is 0.314 e. The lowest BCUT2D eigenvalue weighted by Crippen LogP contribution is -2.30. The third kappa shape index (κ3) is 3.10. The van der Waals surface area contributed by atoms with Crippen molar-refractivity contribution in [1.29, 1.82) is 0 Å². The minimum atomic E-state index is 0.306. The van der Waals surface area contributed by atoms with Crippen molar-refractivity contribution in [2.45, 2.75) is 77.9 Å². The average molecular weight is 250 g/mol. The lowest BCUT2D eigenvalue weighted by molar-refractivity contribution is 0.419. The van der Waals surface area contributed by atoms with Gasteiger partial charge in [0.25, 0.3) is 0 Å². The number of hydrogen-bond donors (Lipinski definition) is 1. The van der Waals surface area contributed by atoms with Crippen LogP contribution in [-0.4, -0.2) is 20.8 Å². The third-order valence-electron chi connectivity index (χ3n) is 3.80. The number of hydrogen-bond acceptors (Lipinski definition) is 3. The quantitative estimate of drug-likeness (QED) is 0.757. The molecule has 1 N–H and O–H groups in total. The van der Waals surface area contributed by atoms with Crippen LogP contribution in [0.5, 0.6) is 0 Å². The lowest BCUT2D eigenvalue weighted by atomic mass is 10.1. The molecule has 1 aliphatic heterocycles. The van der Waals surface area contributed by atoms with Gasteiger partial charge in [0.05, 0.1) is 6.04 Å². The van der Waals surface area contributed by atoms with Crippen molar-refractivity contribution in [3.05, 3.63) is 11.6 Å². The van der Waals surface area contributed by atoms with Gasteiger partial charge in [-0.25, -0.2) is 0 Å². The first kappa shape index (κ1) is 13.5. The third-order valence-corrected chi connectivity index (χ3v) is 3.80. The average Bonchev–Trinajstić information content (AvgIpc) is 2.90. The summed E-state index contributed by atoms with van der Waals surface area (Å²) in [5.41, 5.74) is 0. The van der Waals surface area contributed by atoms with Gasteiger partial charge >= 0.3 is 0 Å². The number of aryl methyl sites for hydroxylation is 1. The van der Waals surface area contributed by atoms with Gasteiger partial charge in [0, 0.05) is 19.0 Å². The summed E-state index contributed by atoms with van der Waals surface area (Å²) < 4.78 is 2.29. The molecule has 4 nitrogen and oxygen atoms in total. The minimum absolute atomic E-state index is 0.306. The molecule has 0 aromatic carbocycles. The Bertz CT molecular complexity index is 372. The molecule has 2 heterocycles. The fraction of sp³-hybridized carbons (Fsp3) is 0.857. The Morgan fingerprint density at radius 1 is 1.28 bits per heavy atom. The summed E-state index contributed by atoms with van der Waals surface area (Å²) in [5, 5.41) is 12.3. The summed E-state index contributed by atoms with van der Waals surface area (Å²) in [5.74, 6) is 2.28. The van der Waals surface area contributed by atoms with E-state index >= 15 is 0 Å². The van der Waals surface area contributed by atoms with Gasteiger partial charge in [0.1, 0.15) is 11.6 Å². The SMILES string of the molecule is CCCCCC(C)NC(C)c1nnc2n1CCC2. The highest BCUT2D eigenvalue weighted by molar-refractivity contribution is 5.04. The van der Waals surface area contributed by atoms with Crippen molar-refractivity contribution in [1.82, 2.24) is 20.1 Å². The number of fused-ring (bicyclic) bond motifs is 1. The van der Waals surface area contributed by atoms with Crippen LogP contribution in [0.2, 0.25) is 0 Å². The molecule has 1 aromatic heterocycles. The predicted molar refractivity (Wildman–Crippen MR) is 73.5 cm³/mol. The summed E-state index contributed by atoms with van der Waals surface area (Å²) in [6.07, 6.45) is 7.50. The second kappa shape index (κ2) is 6.32. The van der Waals surface area contributed by atoms with Crippen LogP contribution < -0.4 is 5.32 Å². The topological polar surface area (TPSA) is 42.7 Å². The Balaban J connectivity index is 1.85. The van der Waals surface area contributed by atoms with E-state index in [1.165, 1.54) is 32.1 Å². The molecule has 0 radical (unpaired) electrons. The Morgan fingerprint density at radius 2 is 2.11 bits per heavy atom. The second-order valence-corrected chi connectivity index (χ2v) is 5.51. The predicted octanol–water partition coefficient (Wildman–Crippen LogP) is 2.84. The Hall–Kier alpha value is -0.900. The summed E-state index contributed by atoms with van der Waals surface area (Å²) in [4.78, 5) is 0. The van der Waals surface area contributed by atoms with Crippen LogP contribution in [0.3, 0.4) is 0 Å². The molecule has 0 spiro atoms. The van der Waals surface area contributed by atoms with Crippen molar-refractivity contribution in [2.75, 3.05) is 0 Å². The van der Waals surface area contributed by atoms with Crippen molar-refractivity contribution in [2.24, 2.45) is 0 Å². The molecule has 0 amide bonds. The van der Waals surface area contributed by atoms with Gasteiger partial charge < -0.3 is 9.88 Å². The molecule has 2 atom stereocenters. The molecule has 0 aliphatic carbocycles. The summed E-state index contributed by atoms with van der Waals surface area (Å²) >= 11 is 0. The van der Waals surface area contributed by atoms with E-state index in [1.54, 1.807) is 0 Å². The molecule has 1 aromatic rings. The second-order valence-electron chi connectivity index (χ2n) is 5.51. The number of rotatable bonds is 7. The van der Waals surface area contributed by atoms with E-state index in [2.05, 4.69) is 40.9 Å². The highest BCUT2D eigenvalue weighted by Gasteiger charge is 2.21. The zero-order valence-corrected chi connectivity index (χ0v) is 11.9. The van der Waals surface area contributed by atoms with Crippen LogP contribution in [0, 0.1) is 0 Å². The van der Waals surface area contributed by atoms with E-state index in [-0.39, 0.29) is 0 Å². The fourth-order valence-corrected chi connectivity index (χ4v) is 2.78. The number of unbranched alkanes of at least 4 members (excludes halogenated alkanes) is 2. The first-order valence-corrected chi connectivity index (χ1v) is 7.40. The summed E-state index contributed by atoms with van der Waals surface area (Å²) in [6, 6.07) is 0.863. The molecule has 102 valence electrons. The fourth-order valence-electron chi connectivity index (χ4n) is 2.78. The van der Waals surface area contributed by atoms with E-state index in [9.17, 15) is 0 Å². The molecule has 0 fully saturated rings. The van der Waals surface area contributed by atoms with Gasteiger partial charge in [-0.15, -0.1) is 10.2 Å². The maximum Gasteiger partial charge on any atom is 0.149 e. The standard InChI is InChI=1S/C14H26N4/c1-4-5-6-8-11(2)15-12(3)14-17-16-13-9-7-10-18(13)14/h11-12,15H,4-10H2,1-3H3. The van der Waals surface area contributed by atoms with Crippen molar-refractivity contribution < 1.29 is 0 Å². The lowest BCUT2D eigenvalue weighted by Gasteiger charge is -2.19. The maximum absolute atomic E-state index is 4.34. The molecule has 1 aliphatic rings. The van der Waals surface area contributed by atoms with E-state index in [0.717, 1.165) is 24.6 Å². The molecule has 0 saturated carbocycles. The molecular formula is C14H26N4. The molecule has 2 unspecified atom stereocenters. The summed E-state index contributed by atoms with van der Waals surface area (Å²) in [6.45, 7) is 7.81. The zero-order valence-electron chi connectivity index (χ0n) is 11.9. The van der Waals surface area contributed by atoms with Crippen molar-refractivity contribution in [3.8, 4) is 0 Å².